The number of hydrogen-bond acceptors (Lipinski definition) is 3. The van der Waals surface area contributed by atoms with Crippen molar-refractivity contribution >= 4 is 22.9 Å². The van der Waals surface area contributed by atoms with E-state index in [0.29, 0.717) is 6.42 Å². The van der Waals surface area contributed by atoms with Gasteiger partial charge in [0.05, 0.1) is 6.07 Å². The molecule has 0 saturated carbocycles. The van der Waals surface area contributed by atoms with Crippen LogP contribution in [0.5, 0.6) is 0 Å². The number of carbonyl (C=O) groups excluding carboxylic acids is 1. The van der Waals surface area contributed by atoms with Crippen LogP contribution in [-0.4, -0.2) is 5.91 Å². The average Bonchev–Trinajstić information content (AvgIpc) is 2.91. The maximum absolute atomic E-state index is 12.1. The summed E-state index contributed by atoms with van der Waals surface area (Å²) in [5, 5.41) is 13.9. The first kappa shape index (κ1) is 13.3. The number of anilines is 1. The van der Waals surface area contributed by atoms with Crippen molar-refractivity contribution in [2.75, 3.05) is 5.32 Å². The molecule has 19 heavy (non-hydrogen) atoms. The third-order valence-electron chi connectivity index (χ3n) is 2.86. The molecule has 0 spiro atoms. The zero-order valence-corrected chi connectivity index (χ0v) is 11.4. The lowest BCUT2D eigenvalue weighted by Gasteiger charge is -2.11. The fraction of sp³-hybridized carbons (Fsp3) is 0.200. The van der Waals surface area contributed by atoms with Gasteiger partial charge >= 0.3 is 0 Å². The summed E-state index contributed by atoms with van der Waals surface area (Å²) in [7, 11) is 0. The predicted octanol–water partition coefficient (Wildman–Crippen LogP) is 3.38. The number of benzene rings is 1. The molecule has 0 saturated heterocycles. The third kappa shape index (κ3) is 3.43. The first-order chi connectivity index (χ1) is 9.20. The van der Waals surface area contributed by atoms with Crippen LogP contribution in [0.1, 0.15) is 10.4 Å². The van der Waals surface area contributed by atoms with E-state index in [0.717, 1.165) is 16.1 Å². The number of nitrogens with one attached hydrogen (secondary N) is 1. The monoisotopic (exact) mass is 270 g/mol. The van der Waals surface area contributed by atoms with Crippen molar-refractivity contribution in [1.29, 1.82) is 5.26 Å². The van der Waals surface area contributed by atoms with Gasteiger partial charge in [-0.1, -0.05) is 24.3 Å². The van der Waals surface area contributed by atoms with Crippen LogP contribution in [0.25, 0.3) is 0 Å². The summed E-state index contributed by atoms with van der Waals surface area (Å²) in [6.07, 6.45) is 0.464. The number of amides is 1. The van der Waals surface area contributed by atoms with Crippen molar-refractivity contribution in [1.82, 2.24) is 0 Å². The van der Waals surface area contributed by atoms with Crippen LogP contribution < -0.4 is 5.32 Å². The number of para-hydroxylation sites is 1. The second-order valence-corrected chi connectivity index (χ2v) is 5.30. The summed E-state index contributed by atoms with van der Waals surface area (Å²) < 4.78 is 0. The van der Waals surface area contributed by atoms with Gasteiger partial charge in [-0.25, -0.2) is 0 Å². The SMILES string of the molecule is Cc1ccccc1NC(=O)[C@@H](C#N)Cc1cccs1. The lowest BCUT2D eigenvalue weighted by molar-refractivity contribution is -0.118. The zero-order chi connectivity index (χ0) is 13.7. The van der Waals surface area contributed by atoms with E-state index >= 15 is 0 Å². The first-order valence-electron chi connectivity index (χ1n) is 5.99. The fourth-order valence-electron chi connectivity index (χ4n) is 1.76. The number of thiophene rings is 1. The highest BCUT2D eigenvalue weighted by Crippen LogP contribution is 2.18. The molecule has 0 fully saturated rings. The molecule has 4 heteroatoms. The number of carbonyl (C=O) groups is 1. The van der Waals surface area contributed by atoms with Gasteiger partial charge in [0.1, 0.15) is 5.92 Å². The topological polar surface area (TPSA) is 52.9 Å². The largest absolute Gasteiger partial charge is 0.325 e. The lowest BCUT2D eigenvalue weighted by atomic mass is 10.0. The van der Waals surface area contributed by atoms with Crippen molar-refractivity contribution in [2.24, 2.45) is 5.92 Å². The normalized spacial score (nSPS) is 11.6. The molecular weight excluding hydrogens is 256 g/mol. The second kappa shape index (κ2) is 6.17. The Labute approximate surface area is 116 Å². The Hall–Kier alpha value is -2.12. The second-order valence-electron chi connectivity index (χ2n) is 4.27. The fourth-order valence-corrected chi connectivity index (χ4v) is 2.51. The van der Waals surface area contributed by atoms with Gasteiger partial charge in [-0.3, -0.25) is 4.79 Å². The molecule has 1 atom stereocenters. The van der Waals surface area contributed by atoms with Crippen LogP contribution in [0.2, 0.25) is 0 Å². The van der Waals surface area contributed by atoms with Gasteiger partial charge in [0.2, 0.25) is 5.91 Å². The molecule has 0 unspecified atom stereocenters. The molecule has 2 rings (SSSR count). The Kier molecular flexibility index (Phi) is 4.32. The lowest BCUT2D eigenvalue weighted by Crippen LogP contribution is -2.23. The molecular formula is C15H14N2OS. The summed E-state index contributed by atoms with van der Waals surface area (Å²) in [6, 6.07) is 13.5. The van der Waals surface area contributed by atoms with Gasteiger partial charge in [-0.15, -0.1) is 11.3 Å². The standard InChI is InChI=1S/C15H14N2OS/c1-11-5-2-3-7-14(11)17-15(18)12(10-16)9-13-6-4-8-19-13/h2-8,12H,9H2,1H3,(H,17,18)/t12-/m1/s1. The molecule has 1 amide bonds. The molecule has 0 bridgehead atoms. The molecule has 1 N–H and O–H groups in total. The van der Waals surface area contributed by atoms with E-state index in [4.69, 9.17) is 5.26 Å². The minimum atomic E-state index is -0.654. The van der Waals surface area contributed by atoms with Crippen LogP contribution in [-0.2, 0) is 11.2 Å². The van der Waals surface area contributed by atoms with E-state index in [1.807, 2.05) is 48.7 Å². The van der Waals surface area contributed by atoms with Crippen LogP contribution in [0, 0.1) is 24.2 Å². The van der Waals surface area contributed by atoms with Crippen LogP contribution in [0.3, 0.4) is 0 Å². The molecule has 1 heterocycles. The van der Waals surface area contributed by atoms with Gasteiger partial charge < -0.3 is 5.32 Å². The number of aryl methyl sites for hydroxylation is 1. The van der Waals surface area contributed by atoms with Crippen molar-refractivity contribution in [2.45, 2.75) is 13.3 Å². The van der Waals surface area contributed by atoms with Gasteiger partial charge in [-0.2, -0.15) is 5.26 Å². The van der Waals surface area contributed by atoms with Crippen LogP contribution >= 0.6 is 11.3 Å². The number of nitrogens with zero attached hydrogens (tertiary/aromatic N) is 1. The number of nitriles is 1. The van der Waals surface area contributed by atoms with E-state index in [9.17, 15) is 4.79 Å². The van der Waals surface area contributed by atoms with Crippen molar-refractivity contribution in [3.05, 3.63) is 52.2 Å². The van der Waals surface area contributed by atoms with Crippen molar-refractivity contribution < 1.29 is 4.79 Å². The van der Waals surface area contributed by atoms with Gasteiger partial charge in [-0.05, 0) is 30.0 Å². The Morgan fingerprint density at radius 3 is 2.79 bits per heavy atom. The molecule has 0 aliphatic heterocycles. The Morgan fingerprint density at radius 2 is 2.16 bits per heavy atom. The smallest absolute Gasteiger partial charge is 0.242 e. The zero-order valence-electron chi connectivity index (χ0n) is 10.6. The van der Waals surface area contributed by atoms with Crippen molar-refractivity contribution in [3.8, 4) is 6.07 Å². The molecule has 0 aliphatic rings. The van der Waals surface area contributed by atoms with Crippen LogP contribution in [0.4, 0.5) is 5.69 Å². The van der Waals surface area contributed by atoms with Crippen molar-refractivity contribution in [3.63, 3.8) is 0 Å². The summed E-state index contributed by atoms with van der Waals surface area (Å²) in [4.78, 5) is 13.1. The Balaban J connectivity index is 2.06. The van der Waals surface area contributed by atoms with Gasteiger partial charge in [0.25, 0.3) is 0 Å². The molecule has 1 aromatic heterocycles. The minimum Gasteiger partial charge on any atom is -0.325 e. The van der Waals surface area contributed by atoms with E-state index in [1.54, 1.807) is 11.3 Å². The first-order valence-corrected chi connectivity index (χ1v) is 6.87. The predicted molar refractivity (Wildman–Crippen MR) is 76.9 cm³/mol. The van der Waals surface area contributed by atoms with E-state index in [2.05, 4.69) is 11.4 Å². The maximum Gasteiger partial charge on any atom is 0.242 e. The van der Waals surface area contributed by atoms with Gasteiger partial charge in [0.15, 0.2) is 0 Å². The van der Waals surface area contributed by atoms with Gasteiger partial charge in [0, 0.05) is 17.0 Å². The quantitative estimate of drug-likeness (QED) is 0.926. The third-order valence-corrected chi connectivity index (χ3v) is 3.76. The van der Waals surface area contributed by atoms with E-state index in [1.165, 1.54) is 0 Å². The van der Waals surface area contributed by atoms with E-state index < -0.39 is 5.92 Å². The summed E-state index contributed by atoms with van der Waals surface area (Å²) >= 11 is 1.56. The highest BCUT2D eigenvalue weighted by Gasteiger charge is 2.19. The number of rotatable bonds is 4. The Morgan fingerprint density at radius 1 is 1.37 bits per heavy atom. The van der Waals surface area contributed by atoms with Crippen LogP contribution in [0.15, 0.2) is 41.8 Å². The average molecular weight is 270 g/mol. The molecule has 0 aliphatic carbocycles. The Bertz CT molecular complexity index is 599. The molecule has 96 valence electrons. The summed E-state index contributed by atoms with van der Waals surface area (Å²) in [5.74, 6) is -0.900. The highest BCUT2D eigenvalue weighted by molar-refractivity contribution is 7.09. The molecule has 3 nitrogen and oxygen atoms in total. The summed E-state index contributed by atoms with van der Waals surface area (Å²) in [6.45, 7) is 1.93. The molecule has 2 aromatic rings. The van der Waals surface area contributed by atoms with E-state index in [-0.39, 0.29) is 5.91 Å². The molecule has 0 radical (unpaired) electrons. The summed E-state index contributed by atoms with van der Waals surface area (Å²) in [5.41, 5.74) is 1.75. The molecule has 1 aromatic carbocycles. The minimum absolute atomic E-state index is 0.245. The highest BCUT2D eigenvalue weighted by atomic mass is 32.1. The maximum atomic E-state index is 12.1. The number of hydrogen-bond donors (Lipinski definition) is 1.